The van der Waals surface area contributed by atoms with Crippen LogP contribution in [0.3, 0.4) is 0 Å². The fraction of sp³-hybridized carbons (Fsp3) is 0.250. The number of fused-ring (bicyclic) bond motifs is 1. The summed E-state index contributed by atoms with van der Waals surface area (Å²) in [5, 5.41) is 0.982. The third kappa shape index (κ3) is 2.74. The Morgan fingerprint density at radius 2 is 1.65 bits per heavy atom. The van der Waals surface area contributed by atoms with Gasteiger partial charge < -0.3 is 9.32 Å². The number of benzene rings is 2. The molecule has 23 heavy (non-hydrogen) atoms. The topological polar surface area (TPSA) is 33.5 Å². The van der Waals surface area contributed by atoms with Gasteiger partial charge in [-0.3, -0.25) is 4.79 Å². The molecular weight excluding hydrogens is 286 g/mol. The smallest absolute Gasteiger partial charge is 0.289 e. The third-order valence-electron chi connectivity index (χ3n) is 4.69. The fourth-order valence-electron chi connectivity index (χ4n) is 3.38. The summed E-state index contributed by atoms with van der Waals surface area (Å²) in [6.07, 6.45) is 2.02. The van der Waals surface area contributed by atoms with Crippen molar-refractivity contribution in [3.63, 3.8) is 0 Å². The lowest BCUT2D eigenvalue weighted by Crippen LogP contribution is -2.37. The van der Waals surface area contributed by atoms with Crippen LogP contribution in [0.1, 0.15) is 34.9 Å². The highest BCUT2D eigenvalue weighted by Gasteiger charge is 2.26. The summed E-state index contributed by atoms with van der Waals surface area (Å²) in [6, 6.07) is 20.2. The van der Waals surface area contributed by atoms with E-state index in [1.807, 2.05) is 41.3 Å². The Bertz CT molecular complexity index is 781. The van der Waals surface area contributed by atoms with Crippen molar-refractivity contribution >= 4 is 16.9 Å². The molecule has 3 heteroatoms. The highest BCUT2D eigenvalue weighted by molar-refractivity contribution is 5.96. The molecule has 0 atom stereocenters. The molecule has 0 bridgehead atoms. The van der Waals surface area contributed by atoms with Gasteiger partial charge in [-0.25, -0.2) is 0 Å². The molecule has 0 saturated carbocycles. The van der Waals surface area contributed by atoms with Crippen LogP contribution in [0.25, 0.3) is 11.0 Å². The maximum atomic E-state index is 12.6. The first kappa shape index (κ1) is 14.1. The van der Waals surface area contributed by atoms with E-state index in [9.17, 15) is 4.79 Å². The summed E-state index contributed by atoms with van der Waals surface area (Å²) in [5.74, 6) is 1.01. The average molecular weight is 305 g/mol. The molecule has 1 aliphatic heterocycles. The Kier molecular flexibility index (Phi) is 3.62. The first-order valence-corrected chi connectivity index (χ1v) is 8.14. The molecule has 1 aliphatic rings. The lowest BCUT2D eigenvalue weighted by Gasteiger charge is -2.31. The van der Waals surface area contributed by atoms with Gasteiger partial charge in [-0.05, 0) is 36.5 Å². The zero-order valence-corrected chi connectivity index (χ0v) is 12.9. The van der Waals surface area contributed by atoms with Crippen molar-refractivity contribution in [1.29, 1.82) is 0 Å². The third-order valence-corrected chi connectivity index (χ3v) is 4.69. The number of amides is 1. The first-order chi connectivity index (χ1) is 11.3. The minimum absolute atomic E-state index is 0.00714. The number of carbonyl (C=O) groups is 1. The molecule has 1 amide bonds. The van der Waals surface area contributed by atoms with Crippen LogP contribution in [-0.4, -0.2) is 23.9 Å². The molecular formula is C20H19NO2. The summed E-state index contributed by atoms with van der Waals surface area (Å²) >= 11 is 0. The molecule has 3 aromatic rings. The summed E-state index contributed by atoms with van der Waals surface area (Å²) < 4.78 is 5.70. The van der Waals surface area contributed by atoms with Gasteiger partial charge in [0.25, 0.3) is 5.91 Å². The van der Waals surface area contributed by atoms with Gasteiger partial charge in [-0.15, -0.1) is 0 Å². The standard InChI is InChI=1S/C20H19NO2/c22-20(19-14-17-8-4-5-9-18(17)23-19)21-12-10-16(11-13-21)15-6-2-1-3-7-15/h1-9,14,16H,10-13H2. The van der Waals surface area contributed by atoms with Crippen LogP contribution >= 0.6 is 0 Å². The van der Waals surface area contributed by atoms with Crippen LogP contribution in [0.5, 0.6) is 0 Å². The second-order valence-electron chi connectivity index (χ2n) is 6.13. The minimum Gasteiger partial charge on any atom is -0.451 e. The lowest BCUT2D eigenvalue weighted by atomic mass is 9.89. The van der Waals surface area contributed by atoms with E-state index in [4.69, 9.17) is 4.42 Å². The molecule has 0 radical (unpaired) electrons. The normalized spacial score (nSPS) is 15.9. The van der Waals surface area contributed by atoms with Crippen molar-refractivity contribution in [2.75, 3.05) is 13.1 Å². The molecule has 2 heterocycles. The van der Waals surface area contributed by atoms with Crippen LogP contribution in [0.15, 0.2) is 65.1 Å². The molecule has 0 N–H and O–H groups in total. The molecule has 1 fully saturated rings. The molecule has 1 aromatic heterocycles. The summed E-state index contributed by atoms with van der Waals surface area (Å²) in [7, 11) is 0. The van der Waals surface area contributed by atoms with Crippen molar-refractivity contribution in [3.8, 4) is 0 Å². The number of carbonyl (C=O) groups excluding carboxylic acids is 1. The van der Waals surface area contributed by atoms with Gasteiger partial charge >= 0.3 is 0 Å². The Morgan fingerprint density at radius 1 is 0.957 bits per heavy atom. The summed E-state index contributed by atoms with van der Waals surface area (Å²) in [5.41, 5.74) is 2.15. The number of furan rings is 1. The van der Waals surface area contributed by atoms with E-state index in [-0.39, 0.29) is 5.91 Å². The zero-order chi connectivity index (χ0) is 15.6. The van der Waals surface area contributed by atoms with E-state index in [1.54, 1.807) is 0 Å². The fourth-order valence-corrected chi connectivity index (χ4v) is 3.38. The van der Waals surface area contributed by atoms with Crippen molar-refractivity contribution in [3.05, 3.63) is 72.0 Å². The second-order valence-corrected chi connectivity index (χ2v) is 6.13. The van der Waals surface area contributed by atoms with E-state index < -0.39 is 0 Å². The number of hydrogen-bond donors (Lipinski definition) is 0. The predicted molar refractivity (Wildman–Crippen MR) is 90.5 cm³/mol. The van der Waals surface area contributed by atoms with Gasteiger partial charge in [0.15, 0.2) is 5.76 Å². The number of para-hydroxylation sites is 1. The van der Waals surface area contributed by atoms with Gasteiger partial charge in [0.05, 0.1) is 0 Å². The quantitative estimate of drug-likeness (QED) is 0.700. The van der Waals surface area contributed by atoms with Gasteiger partial charge in [0.1, 0.15) is 5.58 Å². The maximum Gasteiger partial charge on any atom is 0.289 e. The van der Waals surface area contributed by atoms with Crippen LogP contribution in [0.4, 0.5) is 0 Å². The number of likely N-dealkylation sites (tertiary alicyclic amines) is 1. The second kappa shape index (κ2) is 5.92. The largest absolute Gasteiger partial charge is 0.451 e. The molecule has 116 valence electrons. The van der Waals surface area contributed by atoms with Gasteiger partial charge in [-0.1, -0.05) is 48.5 Å². The summed E-state index contributed by atoms with van der Waals surface area (Å²) in [6.45, 7) is 1.57. The molecule has 0 unspecified atom stereocenters. The van der Waals surface area contributed by atoms with Crippen LogP contribution in [0, 0.1) is 0 Å². The maximum absolute atomic E-state index is 12.6. The van der Waals surface area contributed by atoms with Gasteiger partial charge in [-0.2, -0.15) is 0 Å². The predicted octanol–water partition coefficient (Wildman–Crippen LogP) is 4.45. The van der Waals surface area contributed by atoms with E-state index in [1.165, 1.54) is 5.56 Å². The highest BCUT2D eigenvalue weighted by atomic mass is 16.3. The van der Waals surface area contributed by atoms with E-state index in [0.717, 1.165) is 36.9 Å². The van der Waals surface area contributed by atoms with Crippen molar-refractivity contribution in [2.24, 2.45) is 0 Å². The SMILES string of the molecule is O=C(c1cc2ccccc2o1)N1CCC(c2ccccc2)CC1. The Hall–Kier alpha value is -2.55. The summed E-state index contributed by atoms with van der Waals surface area (Å²) in [4.78, 5) is 14.6. The Balaban J connectivity index is 1.46. The van der Waals surface area contributed by atoms with Gasteiger partial charge in [0.2, 0.25) is 0 Å². The molecule has 2 aromatic carbocycles. The number of piperidine rings is 1. The lowest BCUT2D eigenvalue weighted by molar-refractivity contribution is 0.0683. The van der Waals surface area contributed by atoms with E-state index in [0.29, 0.717) is 11.7 Å². The van der Waals surface area contributed by atoms with Crippen LogP contribution in [0.2, 0.25) is 0 Å². The molecule has 4 rings (SSSR count). The first-order valence-electron chi connectivity index (χ1n) is 8.14. The number of rotatable bonds is 2. The highest BCUT2D eigenvalue weighted by Crippen LogP contribution is 2.29. The Morgan fingerprint density at radius 3 is 2.39 bits per heavy atom. The number of nitrogens with zero attached hydrogens (tertiary/aromatic N) is 1. The molecule has 3 nitrogen and oxygen atoms in total. The van der Waals surface area contributed by atoms with Gasteiger partial charge in [0, 0.05) is 18.5 Å². The van der Waals surface area contributed by atoms with Crippen molar-refractivity contribution < 1.29 is 9.21 Å². The van der Waals surface area contributed by atoms with Crippen molar-refractivity contribution in [1.82, 2.24) is 4.90 Å². The van der Waals surface area contributed by atoms with Crippen molar-refractivity contribution in [2.45, 2.75) is 18.8 Å². The zero-order valence-electron chi connectivity index (χ0n) is 12.9. The Labute approximate surface area is 135 Å². The van der Waals surface area contributed by atoms with E-state index in [2.05, 4.69) is 24.3 Å². The monoisotopic (exact) mass is 305 g/mol. The minimum atomic E-state index is 0.00714. The molecule has 0 aliphatic carbocycles. The average Bonchev–Trinajstić information content (AvgIpc) is 3.06. The molecule has 1 saturated heterocycles. The molecule has 0 spiro atoms. The van der Waals surface area contributed by atoms with Crippen LogP contribution in [-0.2, 0) is 0 Å². The van der Waals surface area contributed by atoms with Crippen LogP contribution < -0.4 is 0 Å². The number of hydrogen-bond acceptors (Lipinski definition) is 2. The van der Waals surface area contributed by atoms with E-state index >= 15 is 0 Å².